The maximum Gasteiger partial charge on any atom is 0.244 e. The number of halogens is 1. The number of nitrogens with zero attached hydrogens (tertiary/aromatic N) is 1. The Morgan fingerprint density at radius 2 is 2.00 bits per heavy atom. The number of benzene rings is 2. The molecule has 0 aliphatic rings. The zero-order chi connectivity index (χ0) is 20.2. The number of nitrogens with one attached hydrogen (secondary N) is 2. The van der Waals surface area contributed by atoms with Gasteiger partial charge in [-0.05, 0) is 48.9 Å². The molecule has 0 bridgehead atoms. The second-order valence-corrected chi connectivity index (χ2v) is 7.11. The van der Waals surface area contributed by atoms with Crippen molar-refractivity contribution < 1.29 is 9.53 Å². The van der Waals surface area contributed by atoms with Crippen molar-refractivity contribution in [2.24, 2.45) is 0 Å². The minimum Gasteiger partial charge on any atom is -0.492 e. The van der Waals surface area contributed by atoms with Crippen molar-refractivity contribution in [3.05, 3.63) is 77.1 Å². The monoisotopic (exact) mass is 405 g/mol. The van der Waals surface area contributed by atoms with E-state index in [1.807, 2.05) is 49.5 Å². The Bertz CT molecular complexity index is 1200. The van der Waals surface area contributed by atoms with E-state index in [-0.39, 0.29) is 5.91 Å². The molecule has 2 N–H and O–H groups in total. The summed E-state index contributed by atoms with van der Waals surface area (Å²) >= 11 is 5.85. The van der Waals surface area contributed by atoms with Crippen molar-refractivity contribution in [1.29, 1.82) is 0 Å². The number of aromatic amines is 1. The van der Waals surface area contributed by atoms with Crippen molar-refractivity contribution in [2.75, 3.05) is 13.2 Å². The molecule has 2 heterocycles. The van der Waals surface area contributed by atoms with E-state index >= 15 is 0 Å². The van der Waals surface area contributed by atoms with E-state index in [1.54, 1.807) is 18.2 Å². The second-order valence-electron chi connectivity index (χ2n) is 6.68. The summed E-state index contributed by atoms with van der Waals surface area (Å²) in [5, 5.41) is 5.76. The summed E-state index contributed by atoms with van der Waals surface area (Å²) in [5.74, 6) is 0.582. The minimum atomic E-state index is -0.169. The molecule has 2 aromatic heterocycles. The molecule has 5 nitrogen and oxygen atoms in total. The molecule has 0 radical (unpaired) electrons. The summed E-state index contributed by atoms with van der Waals surface area (Å²) in [7, 11) is 0. The average molecular weight is 406 g/mol. The summed E-state index contributed by atoms with van der Waals surface area (Å²) in [6.07, 6.45) is 5.06. The fourth-order valence-electron chi connectivity index (χ4n) is 3.18. The molecule has 0 saturated carbocycles. The van der Waals surface area contributed by atoms with Gasteiger partial charge in [0.25, 0.3) is 0 Å². The van der Waals surface area contributed by atoms with Crippen LogP contribution in [0.1, 0.15) is 11.3 Å². The van der Waals surface area contributed by atoms with Gasteiger partial charge in [0.05, 0.1) is 23.3 Å². The summed E-state index contributed by atoms with van der Waals surface area (Å²) in [6.45, 7) is 2.78. The molecule has 0 aliphatic heterocycles. The van der Waals surface area contributed by atoms with E-state index in [1.165, 1.54) is 6.08 Å². The summed E-state index contributed by atoms with van der Waals surface area (Å²) in [4.78, 5) is 19.6. The summed E-state index contributed by atoms with van der Waals surface area (Å²) in [5.41, 5.74) is 3.93. The average Bonchev–Trinajstić information content (AvgIpc) is 3.10. The molecule has 0 atom stereocenters. The Balaban J connectivity index is 1.31. The molecular weight excluding hydrogens is 386 g/mol. The van der Waals surface area contributed by atoms with Gasteiger partial charge in [0.15, 0.2) is 0 Å². The second kappa shape index (κ2) is 8.37. The number of H-pyrrole nitrogens is 1. The third-order valence-electron chi connectivity index (χ3n) is 4.65. The van der Waals surface area contributed by atoms with Crippen molar-refractivity contribution in [3.63, 3.8) is 0 Å². The van der Waals surface area contributed by atoms with Crippen molar-refractivity contribution in [2.45, 2.75) is 6.92 Å². The molecule has 0 unspecified atom stereocenters. The number of amides is 1. The van der Waals surface area contributed by atoms with Crippen LogP contribution < -0.4 is 10.1 Å². The SMILES string of the molecule is Cc1nccc2c1[nH]c1cc(OCCNC(=O)/C=C/c3ccc(Cl)cc3)ccc12. The third kappa shape index (κ3) is 4.41. The van der Waals surface area contributed by atoms with Gasteiger partial charge in [-0.15, -0.1) is 0 Å². The Hall–Kier alpha value is -3.31. The molecule has 0 saturated heterocycles. The molecule has 6 heteroatoms. The number of pyridine rings is 1. The van der Waals surface area contributed by atoms with Gasteiger partial charge in [-0.3, -0.25) is 9.78 Å². The van der Waals surface area contributed by atoms with Crippen LogP contribution in [0.25, 0.3) is 27.9 Å². The number of aromatic nitrogens is 2. The first kappa shape index (κ1) is 19.0. The van der Waals surface area contributed by atoms with E-state index in [4.69, 9.17) is 16.3 Å². The van der Waals surface area contributed by atoms with Crippen molar-refractivity contribution in [3.8, 4) is 5.75 Å². The van der Waals surface area contributed by atoms with Crippen LogP contribution in [0.15, 0.2) is 60.8 Å². The van der Waals surface area contributed by atoms with Crippen LogP contribution in [0.3, 0.4) is 0 Å². The van der Waals surface area contributed by atoms with E-state index in [0.717, 1.165) is 38.8 Å². The van der Waals surface area contributed by atoms with Gasteiger partial charge >= 0.3 is 0 Å². The Labute approximate surface area is 173 Å². The van der Waals surface area contributed by atoms with Gasteiger partial charge in [-0.25, -0.2) is 0 Å². The molecule has 29 heavy (non-hydrogen) atoms. The molecule has 2 aromatic carbocycles. The number of carbonyl (C=O) groups excluding carboxylic acids is 1. The molecular formula is C23H20ClN3O2. The van der Waals surface area contributed by atoms with Gasteiger partial charge in [-0.1, -0.05) is 23.7 Å². The first-order valence-corrected chi connectivity index (χ1v) is 9.69. The molecule has 0 aliphatic carbocycles. The molecule has 1 amide bonds. The van der Waals surface area contributed by atoms with Crippen LogP contribution in [0.5, 0.6) is 5.75 Å². The van der Waals surface area contributed by atoms with Crippen LogP contribution >= 0.6 is 11.6 Å². The Morgan fingerprint density at radius 1 is 1.17 bits per heavy atom. The maximum atomic E-state index is 11.9. The van der Waals surface area contributed by atoms with E-state index < -0.39 is 0 Å². The largest absolute Gasteiger partial charge is 0.492 e. The van der Waals surface area contributed by atoms with Gasteiger partial charge in [0, 0.05) is 34.1 Å². The summed E-state index contributed by atoms with van der Waals surface area (Å²) in [6, 6.07) is 15.2. The van der Waals surface area contributed by atoms with Crippen molar-refractivity contribution in [1.82, 2.24) is 15.3 Å². The lowest BCUT2D eigenvalue weighted by Gasteiger charge is -2.06. The fraction of sp³-hybridized carbons (Fsp3) is 0.130. The predicted molar refractivity (Wildman–Crippen MR) is 117 cm³/mol. The van der Waals surface area contributed by atoms with Gasteiger partial charge in [0.1, 0.15) is 12.4 Å². The van der Waals surface area contributed by atoms with Gasteiger partial charge in [0.2, 0.25) is 5.91 Å². The van der Waals surface area contributed by atoms with Gasteiger partial charge < -0.3 is 15.0 Å². The lowest BCUT2D eigenvalue weighted by atomic mass is 10.1. The molecule has 4 rings (SSSR count). The van der Waals surface area contributed by atoms with E-state index in [9.17, 15) is 4.79 Å². The highest BCUT2D eigenvalue weighted by molar-refractivity contribution is 6.30. The van der Waals surface area contributed by atoms with Crippen LogP contribution in [0, 0.1) is 6.92 Å². The van der Waals surface area contributed by atoms with Crippen LogP contribution in [0.4, 0.5) is 0 Å². The lowest BCUT2D eigenvalue weighted by molar-refractivity contribution is -0.116. The molecule has 0 spiro atoms. The highest BCUT2D eigenvalue weighted by Gasteiger charge is 2.07. The molecule has 0 fully saturated rings. The Morgan fingerprint density at radius 3 is 2.83 bits per heavy atom. The third-order valence-corrected chi connectivity index (χ3v) is 4.90. The first-order chi connectivity index (χ1) is 14.1. The fourth-order valence-corrected chi connectivity index (χ4v) is 3.31. The predicted octanol–water partition coefficient (Wildman–Crippen LogP) is 4.89. The number of rotatable bonds is 6. The normalized spacial score (nSPS) is 11.4. The standard InChI is InChI=1S/C23H20ClN3O2/c1-15-23-20(10-11-25-15)19-8-7-18(14-21(19)27-23)29-13-12-26-22(28)9-4-16-2-5-17(24)6-3-16/h2-11,14,27H,12-13H2,1H3,(H,26,28)/b9-4+. The summed E-state index contributed by atoms with van der Waals surface area (Å²) < 4.78 is 5.78. The zero-order valence-corrected chi connectivity index (χ0v) is 16.7. The van der Waals surface area contributed by atoms with Crippen molar-refractivity contribution >= 4 is 45.4 Å². The number of aryl methyl sites for hydroxylation is 1. The number of hydrogen-bond donors (Lipinski definition) is 2. The van der Waals surface area contributed by atoms with Crippen LogP contribution in [-0.4, -0.2) is 29.0 Å². The number of ether oxygens (including phenoxy) is 1. The topological polar surface area (TPSA) is 67.0 Å². The van der Waals surface area contributed by atoms with Crippen LogP contribution in [-0.2, 0) is 4.79 Å². The maximum absolute atomic E-state index is 11.9. The number of fused-ring (bicyclic) bond motifs is 3. The zero-order valence-electron chi connectivity index (χ0n) is 15.9. The van der Waals surface area contributed by atoms with Crippen LogP contribution in [0.2, 0.25) is 5.02 Å². The lowest BCUT2D eigenvalue weighted by Crippen LogP contribution is -2.26. The molecule has 4 aromatic rings. The minimum absolute atomic E-state index is 0.169. The number of hydrogen-bond acceptors (Lipinski definition) is 3. The Kier molecular flexibility index (Phi) is 5.49. The highest BCUT2D eigenvalue weighted by atomic mass is 35.5. The van der Waals surface area contributed by atoms with Gasteiger partial charge in [-0.2, -0.15) is 0 Å². The molecule has 146 valence electrons. The first-order valence-electron chi connectivity index (χ1n) is 9.31. The smallest absolute Gasteiger partial charge is 0.244 e. The highest BCUT2D eigenvalue weighted by Crippen LogP contribution is 2.29. The van der Waals surface area contributed by atoms with E-state index in [0.29, 0.717) is 18.2 Å². The van der Waals surface area contributed by atoms with E-state index in [2.05, 4.69) is 15.3 Å². The number of carbonyl (C=O) groups is 1. The quantitative estimate of drug-likeness (QED) is 0.354.